The fraction of sp³-hybridized carbons (Fsp3) is 0.381. The van der Waals surface area contributed by atoms with Crippen molar-refractivity contribution in [1.82, 2.24) is 0 Å². The zero-order valence-electron chi connectivity index (χ0n) is 15.7. The number of carbonyl (C=O) groups is 2. The number of aliphatic carboxylic acids is 1. The summed E-state index contributed by atoms with van der Waals surface area (Å²) in [6, 6.07) is 10.8. The van der Waals surface area contributed by atoms with Gasteiger partial charge in [-0.25, -0.2) is 0 Å². The number of benzene rings is 1. The first-order valence-electron chi connectivity index (χ1n) is 8.96. The van der Waals surface area contributed by atoms with Crippen LogP contribution in [-0.4, -0.2) is 23.2 Å². The lowest BCUT2D eigenvalue weighted by Gasteiger charge is -2.37. The van der Waals surface area contributed by atoms with Crippen molar-refractivity contribution in [1.29, 1.82) is 0 Å². The van der Waals surface area contributed by atoms with Gasteiger partial charge in [-0.3, -0.25) is 14.6 Å². The zero-order valence-corrected chi connectivity index (χ0v) is 15.7. The highest BCUT2D eigenvalue weighted by Crippen LogP contribution is 2.56. The molecule has 1 fully saturated rings. The molecule has 2 N–H and O–H groups in total. The molecule has 27 heavy (non-hydrogen) atoms. The maximum absolute atomic E-state index is 13.0. The summed E-state index contributed by atoms with van der Waals surface area (Å²) < 4.78 is 5.24. The third-order valence-corrected chi connectivity index (χ3v) is 6.05. The summed E-state index contributed by atoms with van der Waals surface area (Å²) in [4.78, 5) is 29.1. The summed E-state index contributed by atoms with van der Waals surface area (Å²) >= 11 is 0. The number of amides is 1. The monoisotopic (exact) mass is 368 g/mol. The number of para-hydroxylation sites is 2. The Morgan fingerprint density at radius 2 is 1.96 bits per heavy atom. The molecule has 2 aromatic rings. The number of hydrogen-bond donors (Lipinski definition) is 2. The highest BCUT2D eigenvalue weighted by atomic mass is 16.4. The zero-order chi connectivity index (χ0) is 19.7. The number of anilines is 1. The fourth-order valence-electron chi connectivity index (χ4n) is 3.75. The summed E-state index contributed by atoms with van der Waals surface area (Å²) in [5.41, 5.74) is -0.384. The molecule has 2 unspecified atom stereocenters. The molecule has 1 aromatic carbocycles. The van der Waals surface area contributed by atoms with Crippen LogP contribution in [0.15, 0.2) is 52.1 Å². The predicted octanol–water partition coefficient (Wildman–Crippen LogP) is 4.50. The highest BCUT2D eigenvalue weighted by Gasteiger charge is 2.58. The van der Waals surface area contributed by atoms with E-state index < -0.39 is 16.8 Å². The SMILES string of the molecule is CC1(C(=O)O)CCC(C(=O)Nc2ccccc2N=Cc2ccco2)C1(C)C. The number of carboxylic acid groups (broad SMARTS) is 1. The molecule has 1 saturated carbocycles. The summed E-state index contributed by atoms with van der Waals surface area (Å²) in [7, 11) is 0. The number of carboxylic acids is 1. The Balaban J connectivity index is 1.80. The van der Waals surface area contributed by atoms with Gasteiger partial charge in [0.15, 0.2) is 0 Å². The molecular weight excluding hydrogens is 344 g/mol. The van der Waals surface area contributed by atoms with Crippen LogP contribution in [0, 0.1) is 16.7 Å². The molecule has 0 bridgehead atoms. The van der Waals surface area contributed by atoms with Crippen LogP contribution in [0.25, 0.3) is 0 Å². The van der Waals surface area contributed by atoms with Crippen molar-refractivity contribution in [3.05, 3.63) is 48.4 Å². The third-order valence-electron chi connectivity index (χ3n) is 6.05. The van der Waals surface area contributed by atoms with E-state index in [4.69, 9.17) is 4.42 Å². The van der Waals surface area contributed by atoms with Crippen molar-refractivity contribution in [3.63, 3.8) is 0 Å². The Kier molecular flexibility index (Phi) is 4.91. The van der Waals surface area contributed by atoms with E-state index >= 15 is 0 Å². The molecule has 1 aliphatic carbocycles. The standard InChI is InChI=1S/C21H24N2O4/c1-20(2)15(10-11-21(20,3)19(25)26)18(24)23-17-9-5-4-8-16(17)22-13-14-7-6-12-27-14/h4-9,12-13,15H,10-11H2,1-3H3,(H,23,24)(H,25,26). The smallest absolute Gasteiger partial charge is 0.309 e. The van der Waals surface area contributed by atoms with Gasteiger partial charge in [0.25, 0.3) is 0 Å². The van der Waals surface area contributed by atoms with Crippen LogP contribution >= 0.6 is 0 Å². The lowest BCUT2D eigenvalue weighted by atomic mass is 9.65. The molecule has 1 aliphatic rings. The largest absolute Gasteiger partial charge is 0.481 e. The number of aliphatic imine (C=N–C) groups is 1. The number of hydrogen-bond acceptors (Lipinski definition) is 4. The lowest BCUT2D eigenvalue weighted by molar-refractivity contribution is -0.154. The van der Waals surface area contributed by atoms with Crippen LogP contribution in [0.4, 0.5) is 11.4 Å². The summed E-state index contributed by atoms with van der Waals surface area (Å²) in [5, 5.41) is 12.6. The second-order valence-corrected chi connectivity index (χ2v) is 7.73. The van der Waals surface area contributed by atoms with Crippen LogP contribution in [0.2, 0.25) is 0 Å². The number of nitrogens with zero attached hydrogens (tertiary/aromatic N) is 1. The van der Waals surface area contributed by atoms with E-state index in [0.29, 0.717) is 30.0 Å². The van der Waals surface area contributed by atoms with Crippen LogP contribution in [-0.2, 0) is 9.59 Å². The topological polar surface area (TPSA) is 91.9 Å². The van der Waals surface area contributed by atoms with Gasteiger partial charge in [-0.2, -0.15) is 0 Å². The second kappa shape index (κ2) is 7.02. The average Bonchev–Trinajstić information content (AvgIpc) is 3.21. The maximum atomic E-state index is 13.0. The quantitative estimate of drug-likeness (QED) is 0.760. The number of furan rings is 1. The van der Waals surface area contributed by atoms with Crippen molar-refractivity contribution in [2.24, 2.45) is 21.7 Å². The first-order chi connectivity index (χ1) is 12.8. The van der Waals surface area contributed by atoms with Crippen molar-refractivity contribution in [2.45, 2.75) is 33.6 Å². The molecule has 0 spiro atoms. The highest BCUT2D eigenvalue weighted by molar-refractivity contribution is 5.97. The average molecular weight is 368 g/mol. The number of nitrogens with one attached hydrogen (secondary N) is 1. The van der Waals surface area contributed by atoms with Gasteiger partial charge in [-0.15, -0.1) is 0 Å². The second-order valence-electron chi connectivity index (χ2n) is 7.73. The van der Waals surface area contributed by atoms with Gasteiger partial charge in [0, 0.05) is 5.92 Å². The van der Waals surface area contributed by atoms with E-state index in [0.717, 1.165) is 0 Å². The van der Waals surface area contributed by atoms with Crippen LogP contribution in [0.1, 0.15) is 39.4 Å². The molecule has 0 aliphatic heterocycles. The Labute approximate surface area is 158 Å². The number of rotatable bonds is 5. The third kappa shape index (κ3) is 3.39. The van der Waals surface area contributed by atoms with Gasteiger partial charge < -0.3 is 14.8 Å². The molecule has 142 valence electrons. The molecule has 1 aromatic heterocycles. The lowest BCUT2D eigenvalue weighted by Crippen LogP contribution is -2.43. The van der Waals surface area contributed by atoms with Crippen molar-refractivity contribution in [2.75, 3.05) is 5.32 Å². The molecule has 0 radical (unpaired) electrons. The summed E-state index contributed by atoms with van der Waals surface area (Å²) in [5.74, 6) is -0.803. The molecule has 1 amide bonds. The molecule has 6 heteroatoms. The van der Waals surface area contributed by atoms with E-state index in [1.165, 1.54) is 0 Å². The first kappa shape index (κ1) is 18.9. The molecule has 2 atom stereocenters. The van der Waals surface area contributed by atoms with Gasteiger partial charge in [0.1, 0.15) is 5.76 Å². The Hall–Kier alpha value is -2.89. The van der Waals surface area contributed by atoms with Crippen LogP contribution in [0.5, 0.6) is 0 Å². The van der Waals surface area contributed by atoms with E-state index in [-0.39, 0.29) is 11.8 Å². The first-order valence-corrected chi connectivity index (χ1v) is 8.96. The van der Waals surface area contributed by atoms with Gasteiger partial charge in [-0.1, -0.05) is 26.0 Å². The maximum Gasteiger partial charge on any atom is 0.309 e. The van der Waals surface area contributed by atoms with Crippen molar-refractivity contribution in [3.8, 4) is 0 Å². The minimum atomic E-state index is -0.925. The Morgan fingerprint density at radius 3 is 2.59 bits per heavy atom. The van der Waals surface area contributed by atoms with E-state index in [1.807, 2.05) is 26.0 Å². The molecule has 0 saturated heterocycles. The van der Waals surface area contributed by atoms with Crippen LogP contribution < -0.4 is 5.32 Å². The van der Waals surface area contributed by atoms with Gasteiger partial charge >= 0.3 is 5.97 Å². The van der Waals surface area contributed by atoms with Crippen molar-refractivity contribution >= 4 is 29.5 Å². The van der Waals surface area contributed by atoms with E-state index in [2.05, 4.69) is 10.3 Å². The summed E-state index contributed by atoms with van der Waals surface area (Å²) in [6.07, 6.45) is 4.17. The minimum Gasteiger partial charge on any atom is -0.481 e. The fourth-order valence-corrected chi connectivity index (χ4v) is 3.75. The summed E-state index contributed by atoms with van der Waals surface area (Å²) in [6.45, 7) is 5.45. The normalized spacial score (nSPS) is 24.2. The Morgan fingerprint density at radius 1 is 1.22 bits per heavy atom. The van der Waals surface area contributed by atoms with E-state index in [9.17, 15) is 14.7 Å². The molecule has 6 nitrogen and oxygen atoms in total. The van der Waals surface area contributed by atoms with Gasteiger partial charge in [-0.05, 0) is 49.4 Å². The molecule has 1 heterocycles. The Bertz CT molecular complexity index is 870. The molecule has 3 rings (SSSR count). The van der Waals surface area contributed by atoms with Gasteiger partial charge in [0.2, 0.25) is 5.91 Å². The van der Waals surface area contributed by atoms with Crippen LogP contribution in [0.3, 0.4) is 0 Å². The molecular formula is C21H24N2O4. The minimum absolute atomic E-state index is 0.175. The predicted molar refractivity (Wildman–Crippen MR) is 103 cm³/mol. The van der Waals surface area contributed by atoms with Gasteiger partial charge in [0.05, 0.1) is 29.3 Å². The van der Waals surface area contributed by atoms with E-state index in [1.54, 1.807) is 43.7 Å². The number of carbonyl (C=O) groups excluding carboxylic acids is 1. The van der Waals surface area contributed by atoms with Crippen molar-refractivity contribution < 1.29 is 19.1 Å².